The normalized spacial score (nSPS) is 20.4. The highest BCUT2D eigenvalue weighted by atomic mass is 32.2. The second-order valence-electron chi connectivity index (χ2n) is 8.62. The van der Waals surface area contributed by atoms with Crippen LogP contribution in [0.4, 0.5) is 8.78 Å². The Hall–Kier alpha value is -3.13. The van der Waals surface area contributed by atoms with Crippen molar-refractivity contribution in [3.8, 4) is 5.75 Å². The number of thioether (sulfide) groups is 1. The first kappa shape index (κ1) is 19.5. The lowest BCUT2D eigenvalue weighted by molar-refractivity contribution is 0.0856. The highest BCUT2D eigenvalue weighted by molar-refractivity contribution is 7.98. The van der Waals surface area contributed by atoms with E-state index in [1.54, 1.807) is 11.8 Å². The number of aromatic nitrogens is 1. The van der Waals surface area contributed by atoms with Crippen molar-refractivity contribution in [3.05, 3.63) is 92.9 Å². The van der Waals surface area contributed by atoms with Gasteiger partial charge in [-0.2, -0.15) is 0 Å². The van der Waals surface area contributed by atoms with Gasteiger partial charge in [-0.25, -0.2) is 8.78 Å². The maximum atomic E-state index is 14.5. The Bertz CT molecular complexity index is 1370. The van der Waals surface area contributed by atoms with Gasteiger partial charge < -0.3 is 5.11 Å². The molecule has 0 bridgehead atoms. The van der Waals surface area contributed by atoms with E-state index in [4.69, 9.17) is 0 Å². The zero-order chi connectivity index (χ0) is 22.2. The van der Waals surface area contributed by atoms with Crippen LogP contribution < -0.4 is 10.4 Å². The molecule has 0 radical (unpaired) electrons. The predicted octanol–water partition coefficient (Wildman–Crippen LogP) is 4.14. The molecule has 1 N–H and O–H groups in total. The van der Waals surface area contributed by atoms with Crippen LogP contribution in [0.5, 0.6) is 5.75 Å². The number of nitrogens with zero attached hydrogens (tertiary/aromatic N) is 2. The van der Waals surface area contributed by atoms with Crippen LogP contribution in [0.2, 0.25) is 0 Å². The monoisotopic (exact) mass is 452 g/mol. The van der Waals surface area contributed by atoms with Crippen molar-refractivity contribution in [1.29, 1.82) is 0 Å². The van der Waals surface area contributed by atoms with E-state index in [0.29, 0.717) is 36.3 Å². The Morgan fingerprint density at radius 1 is 1.03 bits per heavy atom. The van der Waals surface area contributed by atoms with Crippen LogP contribution in [0.1, 0.15) is 46.1 Å². The predicted molar refractivity (Wildman–Crippen MR) is 116 cm³/mol. The van der Waals surface area contributed by atoms with Gasteiger partial charge in [-0.1, -0.05) is 18.2 Å². The summed E-state index contributed by atoms with van der Waals surface area (Å²) < 4.78 is 30.1. The summed E-state index contributed by atoms with van der Waals surface area (Å²) in [6.45, 7) is 0.350. The van der Waals surface area contributed by atoms with Crippen LogP contribution >= 0.6 is 11.8 Å². The molecule has 5 nitrogen and oxygen atoms in total. The van der Waals surface area contributed by atoms with Crippen LogP contribution in [-0.4, -0.2) is 22.1 Å². The minimum atomic E-state index is -0.935. The first-order valence-electron chi connectivity index (χ1n) is 10.4. The van der Waals surface area contributed by atoms with Gasteiger partial charge in [0.15, 0.2) is 28.9 Å². The molecule has 1 fully saturated rings. The second kappa shape index (κ2) is 6.68. The largest absolute Gasteiger partial charge is 0.503 e. The number of rotatable bonds is 1. The number of fused-ring (bicyclic) bond motifs is 3. The lowest BCUT2D eigenvalue weighted by atomic mass is 9.90. The van der Waals surface area contributed by atoms with Crippen LogP contribution in [0.3, 0.4) is 0 Å². The second-order valence-corrected chi connectivity index (χ2v) is 9.64. The van der Waals surface area contributed by atoms with Crippen molar-refractivity contribution in [2.45, 2.75) is 29.5 Å². The molecule has 1 aromatic heterocycles. The summed E-state index contributed by atoms with van der Waals surface area (Å²) in [7, 11) is 0. The molecule has 1 spiro atoms. The lowest BCUT2D eigenvalue weighted by Gasteiger charge is -2.43. The maximum absolute atomic E-state index is 14.5. The zero-order valence-corrected chi connectivity index (χ0v) is 17.7. The molecule has 0 saturated heterocycles. The molecule has 2 aliphatic heterocycles. The van der Waals surface area contributed by atoms with Gasteiger partial charge in [-0.3, -0.25) is 19.3 Å². The highest BCUT2D eigenvalue weighted by Gasteiger charge is 2.56. The third kappa shape index (κ3) is 2.68. The molecule has 2 aromatic carbocycles. The molecular formula is C24H18F2N2O3S. The number of hydrogen-bond donors (Lipinski definition) is 1. The summed E-state index contributed by atoms with van der Waals surface area (Å²) in [6, 6.07) is 10.9. The van der Waals surface area contributed by atoms with Crippen molar-refractivity contribution in [2.24, 2.45) is 5.41 Å². The molecule has 1 atom stereocenters. The quantitative estimate of drug-likeness (QED) is 0.601. The fourth-order valence-corrected chi connectivity index (χ4v) is 5.95. The van der Waals surface area contributed by atoms with E-state index in [1.807, 2.05) is 29.3 Å². The number of hydrogen-bond acceptors (Lipinski definition) is 5. The molecule has 3 aliphatic rings. The van der Waals surface area contributed by atoms with E-state index >= 15 is 0 Å². The van der Waals surface area contributed by atoms with Gasteiger partial charge in [0.05, 0.1) is 11.5 Å². The summed E-state index contributed by atoms with van der Waals surface area (Å²) in [4.78, 5) is 26.3. The van der Waals surface area contributed by atoms with E-state index in [0.717, 1.165) is 10.5 Å². The van der Waals surface area contributed by atoms with E-state index in [1.165, 1.54) is 29.1 Å². The van der Waals surface area contributed by atoms with Gasteiger partial charge in [0.25, 0.3) is 0 Å². The number of carbonyl (C=O) groups excluding carboxylic acids is 1. The standard InChI is InChI=1S/C24H18F2N2O3S/c25-16-9-13-11-32-19-4-2-1-3-14(19)20(15(13)10-17(16)26)28-12-24(6-7-24)23(31)21-22(30)18(29)5-8-27(21)28/h1-5,8-10,20,30H,6-7,11-12H2. The number of halogens is 2. The summed E-state index contributed by atoms with van der Waals surface area (Å²) >= 11 is 1.55. The number of pyridine rings is 1. The van der Waals surface area contributed by atoms with Crippen LogP contribution in [-0.2, 0) is 5.75 Å². The van der Waals surface area contributed by atoms with E-state index in [2.05, 4.69) is 0 Å². The number of benzene rings is 2. The molecule has 6 rings (SSSR count). The molecule has 1 aliphatic carbocycles. The van der Waals surface area contributed by atoms with Crippen molar-refractivity contribution < 1.29 is 18.7 Å². The third-order valence-electron chi connectivity index (χ3n) is 6.72. The van der Waals surface area contributed by atoms with Crippen molar-refractivity contribution in [1.82, 2.24) is 4.68 Å². The highest BCUT2D eigenvalue weighted by Crippen LogP contribution is 2.53. The van der Waals surface area contributed by atoms with Gasteiger partial charge in [0, 0.05) is 29.5 Å². The van der Waals surface area contributed by atoms with Crippen molar-refractivity contribution >= 4 is 17.5 Å². The molecule has 3 heterocycles. The minimum Gasteiger partial charge on any atom is -0.503 e. The average Bonchev–Trinajstić information content (AvgIpc) is 3.57. The fraction of sp³-hybridized carbons (Fsp3) is 0.250. The van der Waals surface area contributed by atoms with Gasteiger partial charge in [-0.15, -0.1) is 11.8 Å². The van der Waals surface area contributed by atoms with E-state index < -0.39 is 34.3 Å². The smallest absolute Gasteiger partial charge is 0.224 e. The van der Waals surface area contributed by atoms with Crippen LogP contribution in [0.25, 0.3) is 0 Å². The SMILES string of the molecule is O=C1c2c(O)c(=O)ccn2N(C2c3cc(F)c(F)cc3CSc3ccccc32)CC12CC2. The average molecular weight is 452 g/mol. The summed E-state index contributed by atoms with van der Waals surface area (Å²) in [5.74, 6) is -2.18. The fourth-order valence-electron chi connectivity index (χ4n) is 4.87. The minimum absolute atomic E-state index is 0.0419. The first-order chi connectivity index (χ1) is 15.4. The van der Waals surface area contributed by atoms with Gasteiger partial charge in [0.1, 0.15) is 0 Å². The molecule has 1 saturated carbocycles. The third-order valence-corrected chi connectivity index (χ3v) is 7.86. The van der Waals surface area contributed by atoms with Gasteiger partial charge >= 0.3 is 0 Å². The Balaban J connectivity index is 1.65. The topological polar surface area (TPSA) is 62.5 Å². The summed E-state index contributed by atoms with van der Waals surface area (Å²) in [5, 5.41) is 12.4. The molecule has 8 heteroatoms. The number of aromatic hydroxyl groups is 1. The number of carbonyl (C=O) groups is 1. The lowest BCUT2D eigenvalue weighted by Crippen LogP contribution is -2.51. The Morgan fingerprint density at radius 3 is 2.56 bits per heavy atom. The van der Waals surface area contributed by atoms with Crippen molar-refractivity contribution in [3.63, 3.8) is 0 Å². The van der Waals surface area contributed by atoms with Crippen molar-refractivity contribution in [2.75, 3.05) is 11.6 Å². The maximum Gasteiger partial charge on any atom is 0.224 e. The Morgan fingerprint density at radius 2 is 1.78 bits per heavy atom. The van der Waals surface area contributed by atoms with Crippen LogP contribution in [0.15, 0.2) is 58.4 Å². The van der Waals surface area contributed by atoms with E-state index in [-0.39, 0.29) is 11.5 Å². The summed E-state index contributed by atoms with van der Waals surface area (Å²) in [6.07, 6.45) is 2.78. The Labute approximate surface area is 186 Å². The van der Waals surface area contributed by atoms with E-state index in [9.17, 15) is 23.5 Å². The molecular weight excluding hydrogens is 434 g/mol. The first-order valence-corrected chi connectivity index (χ1v) is 11.3. The Kier molecular flexibility index (Phi) is 4.08. The van der Waals surface area contributed by atoms with Gasteiger partial charge in [-0.05, 0) is 47.7 Å². The molecule has 3 aromatic rings. The number of Topliss-reactive ketones (excluding diaryl/α,β-unsaturated/α-hetero) is 1. The van der Waals surface area contributed by atoms with Crippen LogP contribution in [0, 0.1) is 17.0 Å². The summed E-state index contributed by atoms with van der Waals surface area (Å²) in [5.41, 5.74) is 0.835. The van der Waals surface area contributed by atoms with Gasteiger partial charge in [0.2, 0.25) is 5.43 Å². The molecule has 1 unspecified atom stereocenters. The zero-order valence-electron chi connectivity index (χ0n) is 16.8. The number of ketones is 1. The molecule has 32 heavy (non-hydrogen) atoms. The molecule has 0 amide bonds. The molecule has 162 valence electrons.